The Morgan fingerprint density at radius 1 is 0.975 bits per heavy atom. The van der Waals surface area contributed by atoms with Gasteiger partial charge in [-0.05, 0) is 61.6 Å². The second-order valence-corrected chi connectivity index (χ2v) is 11.0. The van der Waals surface area contributed by atoms with Gasteiger partial charge in [-0.1, -0.05) is 65.7 Å². The number of ether oxygens (including phenoxy) is 2. The molecule has 0 N–H and O–H groups in total. The predicted octanol–water partition coefficient (Wildman–Crippen LogP) is 7.27. The van der Waals surface area contributed by atoms with E-state index in [1.54, 1.807) is 33.8 Å². The van der Waals surface area contributed by atoms with Crippen molar-refractivity contribution in [1.82, 2.24) is 14.7 Å². The second-order valence-electron chi connectivity index (χ2n) is 10.1. The van der Waals surface area contributed by atoms with Crippen LogP contribution >= 0.6 is 23.2 Å². The van der Waals surface area contributed by atoms with Crippen LogP contribution in [0.3, 0.4) is 0 Å². The van der Waals surface area contributed by atoms with Crippen molar-refractivity contribution in [2.75, 3.05) is 13.1 Å². The summed E-state index contributed by atoms with van der Waals surface area (Å²) in [4.78, 5) is 15.9. The average molecular weight is 580 g/mol. The van der Waals surface area contributed by atoms with Gasteiger partial charge in [0.1, 0.15) is 5.82 Å². The second kappa shape index (κ2) is 11.3. The number of para-hydroxylation sites is 1. The Bertz CT molecular complexity index is 1530. The number of rotatable bonds is 6. The molecule has 206 valence electrons. The summed E-state index contributed by atoms with van der Waals surface area (Å²) in [5.41, 5.74) is 3.94. The van der Waals surface area contributed by atoms with Gasteiger partial charge in [-0.25, -0.2) is 9.07 Å². The average Bonchev–Trinajstić information content (AvgIpc) is 3.31. The summed E-state index contributed by atoms with van der Waals surface area (Å²) in [6, 6.07) is 21.7. The van der Waals surface area contributed by atoms with Crippen LogP contribution in [0.2, 0.25) is 10.0 Å². The van der Waals surface area contributed by atoms with E-state index in [1.165, 1.54) is 6.07 Å². The van der Waals surface area contributed by atoms with Crippen LogP contribution in [0.5, 0.6) is 0 Å². The van der Waals surface area contributed by atoms with Crippen LogP contribution < -0.4 is 0 Å². The number of halogens is 3. The lowest BCUT2D eigenvalue weighted by Gasteiger charge is -2.34. The third kappa shape index (κ3) is 5.27. The van der Waals surface area contributed by atoms with E-state index in [0.717, 1.165) is 11.3 Å². The Kier molecular flexibility index (Phi) is 7.64. The molecular formula is C31H28Cl2FN3O3. The van der Waals surface area contributed by atoms with Gasteiger partial charge < -0.3 is 14.4 Å². The SMILES string of the molecule is CC1OC(Cc2c(C(=O)N3CCC(c4ccccc4F)CC3)nn(-c3ccccc3Cl)c2-c2ccc(Cl)cc2)O1. The van der Waals surface area contributed by atoms with Crippen molar-refractivity contribution < 1.29 is 18.7 Å². The first-order chi connectivity index (χ1) is 19.4. The van der Waals surface area contributed by atoms with E-state index < -0.39 is 6.29 Å². The van der Waals surface area contributed by atoms with Crippen LogP contribution in [0.15, 0.2) is 72.8 Å². The zero-order valence-corrected chi connectivity index (χ0v) is 23.4. The molecule has 1 aromatic heterocycles. The summed E-state index contributed by atoms with van der Waals surface area (Å²) in [5, 5.41) is 5.97. The van der Waals surface area contributed by atoms with Crippen molar-refractivity contribution in [2.45, 2.75) is 44.7 Å². The molecule has 6 nitrogen and oxygen atoms in total. The Labute approximate surface area is 242 Å². The maximum Gasteiger partial charge on any atom is 0.274 e. The lowest BCUT2D eigenvalue weighted by Crippen LogP contribution is -2.41. The molecule has 3 aromatic carbocycles. The van der Waals surface area contributed by atoms with Crippen molar-refractivity contribution in [3.63, 3.8) is 0 Å². The first-order valence-corrected chi connectivity index (χ1v) is 14.1. The molecule has 3 heterocycles. The van der Waals surface area contributed by atoms with E-state index in [4.69, 9.17) is 37.8 Å². The van der Waals surface area contributed by atoms with Gasteiger partial charge >= 0.3 is 0 Å². The monoisotopic (exact) mass is 579 g/mol. The van der Waals surface area contributed by atoms with Gasteiger partial charge in [0.05, 0.1) is 16.4 Å². The molecule has 0 atom stereocenters. The van der Waals surface area contributed by atoms with Crippen molar-refractivity contribution >= 4 is 29.1 Å². The largest absolute Gasteiger partial charge is 0.337 e. The number of aromatic nitrogens is 2. The number of hydrogen-bond donors (Lipinski definition) is 0. The molecule has 2 saturated heterocycles. The number of benzene rings is 3. The first kappa shape index (κ1) is 27.0. The van der Waals surface area contributed by atoms with E-state index in [-0.39, 0.29) is 23.9 Å². The molecular weight excluding hydrogens is 552 g/mol. The summed E-state index contributed by atoms with van der Waals surface area (Å²) in [7, 11) is 0. The Morgan fingerprint density at radius 3 is 2.33 bits per heavy atom. The number of hydrogen-bond acceptors (Lipinski definition) is 4. The molecule has 40 heavy (non-hydrogen) atoms. The van der Waals surface area contributed by atoms with E-state index in [1.807, 2.05) is 49.4 Å². The molecule has 0 bridgehead atoms. The number of amides is 1. The van der Waals surface area contributed by atoms with Crippen molar-refractivity contribution in [2.24, 2.45) is 0 Å². The maximum atomic E-state index is 14.4. The molecule has 0 unspecified atom stereocenters. The summed E-state index contributed by atoms with van der Waals surface area (Å²) < 4.78 is 27.7. The zero-order chi connectivity index (χ0) is 27.8. The van der Waals surface area contributed by atoms with Crippen molar-refractivity contribution in [1.29, 1.82) is 0 Å². The smallest absolute Gasteiger partial charge is 0.274 e. The quantitative estimate of drug-likeness (QED) is 0.241. The molecule has 2 aliphatic rings. The fourth-order valence-electron chi connectivity index (χ4n) is 5.57. The first-order valence-electron chi connectivity index (χ1n) is 13.4. The van der Waals surface area contributed by atoms with Gasteiger partial charge in [0.2, 0.25) is 0 Å². The van der Waals surface area contributed by atoms with Gasteiger partial charge in [0.25, 0.3) is 5.91 Å². The van der Waals surface area contributed by atoms with Gasteiger partial charge in [-0.2, -0.15) is 5.10 Å². The molecule has 0 spiro atoms. The van der Waals surface area contributed by atoms with Crippen LogP contribution in [0.1, 0.15) is 47.3 Å². The van der Waals surface area contributed by atoms with Gasteiger partial charge in [-0.3, -0.25) is 4.79 Å². The third-order valence-electron chi connectivity index (χ3n) is 7.57. The lowest BCUT2D eigenvalue weighted by molar-refractivity contribution is -0.374. The molecule has 0 radical (unpaired) electrons. The number of carbonyl (C=O) groups is 1. The number of carbonyl (C=O) groups excluding carboxylic acids is 1. The lowest BCUT2D eigenvalue weighted by atomic mass is 9.89. The van der Waals surface area contributed by atoms with Crippen LogP contribution in [-0.4, -0.2) is 46.3 Å². The van der Waals surface area contributed by atoms with Crippen LogP contribution in [0.4, 0.5) is 4.39 Å². The van der Waals surface area contributed by atoms with Gasteiger partial charge in [0, 0.05) is 35.7 Å². The molecule has 1 amide bonds. The van der Waals surface area contributed by atoms with Crippen LogP contribution in [-0.2, 0) is 15.9 Å². The van der Waals surface area contributed by atoms with Crippen LogP contribution in [0.25, 0.3) is 16.9 Å². The minimum Gasteiger partial charge on any atom is -0.337 e. The van der Waals surface area contributed by atoms with Gasteiger partial charge in [-0.15, -0.1) is 0 Å². The molecule has 6 rings (SSSR count). The fourth-order valence-corrected chi connectivity index (χ4v) is 5.91. The highest BCUT2D eigenvalue weighted by atomic mass is 35.5. The van der Waals surface area contributed by atoms with E-state index in [2.05, 4.69) is 0 Å². The summed E-state index contributed by atoms with van der Waals surface area (Å²) >= 11 is 12.8. The highest BCUT2D eigenvalue weighted by Crippen LogP contribution is 2.36. The maximum absolute atomic E-state index is 14.4. The van der Waals surface area contributed by atoms with E-state index in [9.17, 15) is 9.18 Å². The minimum atomic E-state index is -0.497. The normalized spacial score (nSPS) is 19.4. The van der Waals surface area contributed by atoms with Crippen molar-refractivity contribution in [3.05, 3.63) is 105 Å². The zero-order valence-electron chi connectivity index (χ0n) is 21.9. The molecule has 2 fully saturated rings. The third-order valence-corrected chi connectivity index (χ3v) is 8.14. The Balaban J connectivity index is 1.39. The number of nitrogens with zero attached hydrogens (tertiary/aromatic N) is 3. The highest BCUT2D eigenvalue weighted by molar-refractivity contribution is 6.32. The Morgan fingerprint density at radius 2 is 1.65 bits per heavy atom. The number of piperidine rings is 1. The fraction of sp³-hybridized carbons (Fsp3) is 0.290. The van der Waals surface area contributed by atoms with Gasteiger partial charge in [0.15, 0.2) is 18.3 Å². The molecule has 9 heteroatoms. The molecule has 4 aromatic rings. The Hall–Kier alpha value is -3.23. The predicted molar refractivity (Wildman–Crippen MR) is 152 cm³/mol. The topological polar surface area (TPSA) is 56.6 Å². The minimum absolute atomic E-state index is 0.0632. The number of likely N-dealkylation sites (tertiary alicyclic amines) is 1. The summed E-state index contributed by atoms with van der Waals surface area (Å²) in [6.45, 7) is 2.83. The molecule has 0 aliphatic carbocycles. The molecule has 0 saturated carbocycles. The van der Waals surface area contributed by atoms with E-state index >= 15 is 0 Å². The summed E-state index contributed by atoms with van der Waals surface area (Å²) in [5.74, 6) is -0.320. The van der Waals surface area contributed by atoms with E-state index in [0.29, 0.717) is 64.9 Å². The standard InChI is InChI=1S/C31H28Cl2FN3O3/c1-19-39-28(40-19)18-24-29(31(38)36-16-14-20(15-17-36)23-6-2-4-8-26(23)34)35-37(27-9-5-3-7-25(27)33)30(24)21-10-12-22(32)13-11-21/h2-13,19-20,28H,14-18H2,1H3. The van der Waals surface area contributed by atoms with Crippen molar-refractivity contribution in [3.8, 4) is 16.9 Å². The highest BCUT2D eigenvalue weighted by Gasteiger charge is 2.35. The van der Waals surface area contributed by atoms with Crippen LogP contribution in [0, 0.1) is 5.82 Å². The summed E-state index contributed by atoms with van der Waals surface area (Å²) in [6.07, 6.45) is 0.870. The molecule has 2 aliphatic heterocycles.